The second-order valence-electron chi connectivity index (χ2n) is 8.26. The third-order valence-electron chi connectivity index (χ3n) is 6.29. The number of benzene rings is 1. The van der Waals surface area contributed by atoms with Crippen molar-refractivity contribution < 1.29 is 8.42 Å². The van der Waals surface area contributed by atoms with Gasteiger partial charge in [0.05, 0.1) is 16.5 Å². The molecule has 1 fully saturated rings. The molecule has 1 spiro atoms. The number of para-hydroxylation sites is 1. The van der Waals surface area contributed by atoms with Crippen LogP contribution in [0.25, 0.3) is 22.2 Å². The Morgan fingerprint density at radius 3 is 2.71 bits per heavy atom. The third-order valence-corrected chi connectivity index (χ3v) is 8.51. The van der Waals surface area contributed by atoms with Gasteiger partial charge in [0.2, 0.25) is 10.0 Å². The summed E-state index contributed by atoms with van der Waals surface area (Å²) >= 11 is 0. The highest BCUT2D eigenvalue weighted by Crippen LogP contribution is 2.44. The van der Waals surface area contributed by atoms with Crippen molar-refractivity contribution in [3.8, 4) is 11.3 Å². The van der Waals surface area contributed by atoms with Crippen LogP contribution < -0.4 is 0 Å². The van der Waals surface area contributed by atoms with Gasteiger partial charge in [-0.1, -0.05) is 18.2 Å². The molecule has 1 atom stereocenters. The van der Waals surface area contributed by atoms with E-state index in [1.807, 2.05) is 24.4 Å². The van der Waals surface area contributed by atoms with Gasteiger partial charge in [0.15, 0.2) is 0 Å². The summed E-state index contributed by atoms with van der Waals surface area (Å²) in [7, 11) is -3.22. The molecule has 28 heavy (non-hydrogen) atoms. The maximum Gasteiger partial charge on any atom is 0.216 e. The number of sulfonamides is 1. The molecule has 4 heterocycles. The van der Waals surface area contributed by atoms with Crippen LogP contribution >= 0.6 is 0 Å². The molecule has 0 aliphatic carbocycles. The van der Waals surface area contributed by atoms with Gasteiger partial charge in [-0.25, -0.2) is 12.7 Å². The molecule has 146 valence electrons. The first-order valence-electron chi connectivity index (χ1n) is 9.82. The number of aromatic nitrogens is 3. The quantitative estimate of drug-likeness (QED) is 0.682. The zero-order valence-electron chi connectivity index (χ0n) is 16.2. The maximum absolute atomic E-state index is 12.6. The van der Waals surface area contributed by atoms with E-state index < -0.39 is 10.0 Å². The van der Waals surface area contributed by atoms with Crippen molar-refractivity contribution >= 4 is 20.9 Å². The van der Waals surface area contributed by atoms with Crippen LogP contribution in [0, 0.1) is 0 Å². The highest BCUT2D eigenvalue weighted by atomic mass is 32.2. The zero-order chi connectivity index (χ0) is 19.5. The minimum Gasteiger partial charge on any atom is -0.268 e. The van der Waals surface area contributed by atoms with Gasteiger partial charge in [0.1, 0.15) is 0 Å². The van der Waals surface area contributed by atoms with Gasteiger partial charge in [-0.05, 0) is 44.9 Å². The molecule has 1 unspecified atom stereocenters. The van der Waals surface area contributed by atoms with Gasteiger partial charge in [-0.3, -0.25) is 9.67 Å². The average Bonchev–Trinajstić information content (AvgIpc) is 3.38. The summed E-state index contributed by atoms with van der Waals surface area (Å²) < 4.78 is 29.0. The molecule has 0 radical (unpaired) electrons. The van der Waals surface area contributed by atoms with Crippen molar-refractivity contribution in [2.24, 2.45) is 0 Å². The molecule has 2 aliphatic heterocycles. The first-order chi connectivity index (χ1) is 13.4. The van der Waals surface area contributed by atoms with E-state index in [4.69, 9.17) is 5.10 Å². The Kier molecular flexibility index (Phi) is 3.90. The van der Waals surface area contributed by atoms with E-state index in [0.717, 1.165) is 47.2 Å². The van der Waals surface area contributed by atoms with Crippen LogP contribution in [-0.4, -0.2) is 45.8 Å². The summed E-state index contributed by atoms with van der Waals surface area (Å²) in [5.74, 6) is 0. The fourth-order valence-corrected chi connectivity index (χ4v) is 5.95. The van der Waals surface area contributed by atoms with Gasteiger partial charge < -0.3 is 0 Å². The van der Waals surface area contributed by atoms with E-state index in [9.17, 15) is 8.42 Å². The van der Waals surface area contributed by atoms with Crippen molar-refractivity contribution in [3.05, 3.63) is 48.3 Å². The molecule has 5 rings (SSSR count). The minimum absolute atomic E-state index is 0.114. The van der Waals surface area contributed by atoms with Crippen molar-refractivity contribution in [2.75, 3.05) is 13.1 Å². The van der Waals surface area contributed by atoms with Gasteiger partial charge in [0, 0.05) is 47.9 Å². The number of rotatable bonds is 3. The summed E-state index contributed by atoms with van der Waals surface area (Å²) in [5, 5.41) is 5.53. The Morgan fingerprint density at radius 2 is 1.89 bits per heavy atom. The predicted octanol–water partition coefficient (Wildman–Crippen LogP) is 3.18. The number of aryl methyl sites for hydroxylation is 1. The Bertz CT molecular complexity index is 1170. The summed E-state index contributed by atoms with van der Waals surface area (Å²) in [6.45, 7) is 5.51. The second-order valence-corrected chi connectivity index (χ2v) is 10.8. The highest BCUT2D eigenvalue weighted by Gasteiger charge is 2.48. The Labute approximate surface area is 165 Å². The van der Waals surface area contributed by atoms with Crippen LogP contribution in [0.1, 0.15) is 32.4 Å². The van der Waals surface area contributed by atoms with Crippen LogP contribution in [0.4, 0.5) is 0 Å². The smallest absolute Gasteiger partial charge is 0.216 e. The zero-order valence-corrected chi connectivity index (χ0v) is 17.0. The summed E-state index contributed by atoms with van der Waals surface area (Å²) in [6, 6.07) is 12.3. The lowest BCUT2D eigenvalue weighted by Crippen LogP contribution is -2.37. The third kappa shape index (κ3) is 2.60. The first-order valence-corrected chi connectivity index (χ1v) is 11.3. The number of hydrogen-bond acceptors (Lipinski definition) is 4. The molecular weight excluding hydrogens is 372 g/mol. The SMILES string of the molecule is CC(C)S(=O)(=O)N1CCC2(CCn3nc(-c4cnc5ccccc5c4)cc32)C1. The van der Waals surface area contributed by atoms with Crippen LogP contribution in [0.2, 0.25) is 0 Å². The van der Waals surface area contributed by atoms with Crippen LogP contribution in [0.15, 0.2) is 42.6 Å². The average molecular weight is 397 g/mol. The van der Waals surface area contributed by atoms with E-state index in [0.29, 0.717) is 13.1 Å². The molecule has 0 amide bonds. The molecule has 2 aliphatic rings. The van der Waals surface area contributed by atoms with E-state index in [1.165, 1.54) is 0 Å². The molecular formula is C21H24N4O2S. The molecule has 3 aromatic rings. The molecule has 2 aromatic heterocycles. The Hall–Kier alpha value is -2.25. The monoisotopic (exact) mass is 396 g/mol. The lowest BCUT2D eigenvalue weighted by Gasteiger charge is -2.24. The summed E-state index contributed by atoms with van der Waals surface area (Å²) in [6.07, 6.45) is 3.69. The van der Waals surface area contributed by atoms with Crippen LogP contribution in [0.5, 0.6) is 0 Å². The lowest BCUT2D eigenvalue weighted by molar-refractivity contribution is 0.412. The maximum atomic E-state index is 12.6. The highest BCUT2D eigenvalue weighted by molar-refractivity contribution is 7.89. The molecule has 1 saturated heterocycles. The van der Waals surface area contributed by atoms with Crippen molar-refractivity contribution in [2.45, 2.75) is 43.9 Å². The normalized spacial score (nSPS) is 22.5. The number of pyridine rings is 1. The molecule has 0 saturated carbocycles. The number of hydrogen-bond donors (Lipinski definition) is 0. The lowest BCUT2D eigenvalue weighted by atomic mass is 9.82. The topological polar surface area (TPSA) is 68.1 Å². The van der Waals surface area contributed by atoms with Gasteiger partial charge in [-0.15, -0.1) is 0 Å². The summed E-state index contributed by atoms with van der Waals surface area (Å²) in [4.78, 5) is 4.56. The van der Waals surface area contributed by atoms with Gasteiger partial charge in [-0.2, -0.15) is 5.10 Å². The summed E-state index contributed by atoms with van der Waals surface area (Å²) in [5.41, 5.74) is 3.94. The van der Waals surface area contributed by atoms with Crippen LogP contribution in [0.3, 0.4) is 0 Å². The van der Waals surface area contributed by atoms with Crippen molar-refractivity contribution in [1.29, 1.82) is 0 Å². The first kappa shape index (κ1) is 17.8. The van der Waals surface area contributed by atoms with Crippen molar-refractivity contribution in [3.63, 3.8) is 0 Å². The predicted molar refractivity (Wildman–Crippen MR) is 110 cm³/mol. The molecule has 7 heteroatoms. The number of fused-ring (bicyclic) bond motifs is 3. The van der Waals surface area contributed by atoms with Crippen LogP contribution in [-0.2, 0) is 22.0 Å². The second kappa shape index (κ2) is 6.12. The van der Waals surface area contributed by atoms with E-state index in [-0.39, 0.29) is 10.7 Å². The fraction of sp³-hybridized carbons (Fsp3) is 0.429. The van der Waals surface area contributed by atoms with E-state index in [2.05, 4.69) is 27.9 Å². The van der Waals surface area contributed by atoms with E-state index >= 15 is 0 Å². The number of nitrogens with zero attached hydrogens (tertiary/aromatic N) is 4. The molecule has 6 nitrogen and oxygen atoms in total. The molecule has 1 aromatic carbocycles. The van der Waals surface area contributed by atoms with Crippen molar-refractivity contribution in [1.82, 2.24) is 19.1 Å². The Morgan fingerprint density at radius 1 is 1.11 bits per heavy atom. The van der Waals surface area contributed by atoms with Gasteiger partial charge >= 0.3 is 0 Å². The Balaban J connectivity index is 1.50. The molecule has 0 bridgehead atoms. The van der Waals surface area contributed by atoms with Gasteiger partial charge in [0.25, 0.3) is 0 Å². The standard InChI is InChI=1S/C21H24N4O2S/c1-15(2)28(26,27)24-9-7-21(14-24)8-10-25-20(21)12-19(23-25)17-11-16-5-3-4-6-18(16)22-13-17/h3-6,11-13,15H,7-10,14H2,1-2H3. The molecule has 0 N–H and O–H groups in total. The minimum atomic E-state index is -3.22. The largest absolute Gasteiger partial charge is 0.268 e. The fourth-order valence-electron chi connectivity index (χ4n) is 4.58. The van der Waals surface area contributed by atoms with E-state index in [1.54, 1.807) is 18.2 Å².